The molecule has 7 heteroatoms. The van der Waals surface area contributed by atoms with Gasteiger partial charge in [-0.1, -0.05) is 6.07 Å². The third-order valence-electron chi connectivity index (χ3n) is 3.35. The van der Waals surface area contributed by atoms with E-state index in [9.17, 15) is 9.59 Å². The summed E-state index contributed by atoms with van der Waals surface area (Å²) in [4.78, 5) is 27.0. The predicted octanol–water partition coefficient (Wildman–Crippen LogP) is 3.28. The normalized spacial score (nSPS) is 17.9. The summed E-state index contributed by atoms with van der Waals surface area (Å²) >= 11 is 3.21. The van der Waals surface area contributed by atoms with Crippen LogP contribution in [-0.2, 0) is 9.53 Å². The monoisotopic (exact) mass is 334 g/mol. The minimum absolute atomic E-state index is 0.318. The number of rotatable bonds is 3. The van der Waals surface area contributed by atoms with Gasteiger partial charge in [0.25, 0.3) is 0 Å². The molecule has 0 unspecified atom stereocenters. The number of methoxy groups -OCH3 is 1. The number of carbonyl (C=O) groups excluding carboxylic acids is 2. The maximum absolute atomic E-state index is 12.0. The van der Waals surface area contributed by atoms with Gasteiger partial charge in [-0.3, -0.25) is 0 Å². The number of nitrogens with one attached hydrogen (secondary N) is 2. The highest BCUT2D eigenvalue weighted by atomic mass is 32.1. The molecule has 2 amide bonds. The van der Waals surface area contributed by atoms with Gasteiger partial charge in [-0.05, 0) is 30.5 Å². The standard InChI is InChI=1S/C15H14N2O3S2/c1-8-12(14(18)20-2)13(17-15(19)16-8)11-6-5-10(22-11)9-4-3-7-21-9/h3-7,13H,1-2H3,(H2,16,17,19)/t13-/m1/s1. The maximum Gasteiger partial charge on any atom is 0.338 e. The molecular formula is C15H14N2O3S2. The van der Waals surface area contributed by atoms with E-state index in [-0.39, 0.29) is 6.03 Å². The van der Waals surface area contributed by atoms with Gasteiger partial charge in [0.05, 0.1) is 18.7 Å². The Balaban J connectivity index is 2.00. The average molecular weight is 334 g/mol. The maximum atomic E-state index is 12.0. The van der Waals surface area contributed by atoms with Crippen molar-refractivity contribution < 1.29 is 14.3 Å². The lowest BCUT2D eigenvalue weighted by Crippen LogP contribution is -2.45. The highest BCUT2D eigenvalue weighted by Gasteiger charge is 2.32. The van der Waals surface area contributed by atoms with Crippen LogP contribution in [0.3, 0.4) is 0 Å². The lowest BCUT2D eigenvalue weighted by Gasteiger charge is -2.26. The van der Waals surface area contributed by atoms with Gasteiger partial charge in [0.15, 0.2) is 0 Å². The van der Waals surface area contributed by atoms with E-state index in [0.717, 1.165) is 14.6 Å². The minimum atomic E-state index is -0.486. The number of urea groups is 1. The lowest BCUT2D eigenvalue weighted by atomic mass is 10.0. The molecular weight excluding hydrogens is 320 g/mol. The molecule has 0 saturated heterocycles. The molecule has 2 N–H and O–H groups in total. The van der Waals surface area contributed by atoms with E-state index in [4.69, 9.17) is 4.74 Å². The molecule has 5 nitrogen and oxygen atoms in total. The Morgan fingerprint density at radius 1 is 1.27 bits per heavy atom. The molecule has 2 aromatic heterocycles. The summed E-state index contributed by atoms with van der Waals surface area (Å²) in [5, 5.41) is 7.42. The third kappa shape index (κ3) is 2.65. The summed E-state index contributed by atoms with van der Waals surface area (Å²) < 4.78 is 4.84. The topological polar surface area (TPSA) is 67.4 Å². The Morgan fingerprint density at radius 2 is 2.09 bits per heavy atom. The van der Waals surface area contributed by atoms with Crippen molar-refractivity contribution >= 4 is 34.7 Å². The van der Waals surface area contributed by atoms with Crippen LogP contribution in [-0.4, -0.2) is 19.1 Å². The Kier molecular flexibility index (Phi) is 4.00. The molecule has 0 aromatic carbocycles. The second kappa shape index (κ2) is 5.94. The predicted molar refractivity (Wildman–Crippen MR) is 86.8 cm³/mol. The molecule has 0 fully saturated rings. The SMILES string of the molecule is COC(=O)C1=C(C)NC(=O)N[C@@H]1c1ccc(-c2cccs2)s1. The van der Waals surface area contributed by atoms with Gasteiger partial charge in [0, 0.05) is 20.3 Å². The molecule has 0 saturated carbocycles. The Morgan fingerprint density at radius 3 is 2.77 bits per heavy atom. The van der Waals surface area contributed by atoms with Gasteiger partial charge < -0.3 is 15.4 Å². The van der Waals surface area contributed by atoms with E-state index in [0.29, 0.717) is 11.3 Å². The lowest BCUT2D eigenvalue weighted by molar-refractivity contribution is -0.136. The fraction of sp³-hybridized carbons (Fsp3) is 0.200. The van der Waals surface area contributed by atoms with Crippen molar-refractivity contribution in [2.45, 2.75) is 13.0 Å². The highest BCUT2D eigenvalue weighted by molar-refractivity contribution is 7.21. The van der Waals surface area contributed by atoms with Gasteiger partial charge in [-0.25, -0.2) is 9.59 Å². The number of hydrogen-bond acceptors (Lipinski definition) is 5. The first kappa shape index (κ1) is 14.8. The van der Waals surface area contributed by atoms with Gasteiger partial charge in [0.2, 0.25) is 0 Å². The largest absolute Gasteiger partial charge is 0.466 e. The molecule has 1 aliphatic heterocycles. The van der Waals surface area contributed by atoms with Crippen molar-refractivity contribution in [3.05, 3.63) is 45.8 Å². The summed E-state index contributed by atoms with van der Waals surface area (Å²) in [5.74, 6) is -0.443. The Bertz CT molecular complexity index is 747. The van der Waals surface area contributed by atoms with Crippen molar-refractivity contribution in [2.24, 2.45) is 0 Å². The van der Waals surface area contributed by atoms with Gasteiger partial charge in [-0.2, -0.15) is 0 Å². The van der Waals surface area contributed by atoms with Crippen molar-refractivity contribution in [2.75, 3.05) is 7.11 Å². The van der Waals surface area contributed by atoms with Gasteiger partial charge in [-0.15, -0.1) is 22.7 Å². The van der Waals surface area contributed by atoms with Gasteiger partial charge >= 0.3 is 12.0 Å². The second-order valence-corrected chi connectivity index (χ2v) is 6.80. The van der Waals surface area contributed by atoms with Crippen molar-refractivity contribution in [1.82, 2.24) is 10.6 Å². The number of ether oxygens (including phenoxy) is 1. The van der Waals surface area contributed by atoms with Crippen LogP contribution in [0.25, 0.3) is 9.75 Å². The molecule has 0 bridgehead atoms. The number of esters is 1. The van der Waals surface area contributed by atoms with Crippen LogP contribution in [0.1, 0.15) is 17.8 Å². The Hall–Kier alpha value is -2.12. The average Bonchev–Trinajstić information content (AvgIpc) is 3.16. The van der Waals surface area contributed by atoms with E-state index in [2.05, 4.69) is 10.6 Å². The fourth-order valence-corrected chi connectivity index (χ4v) is 4.25. The van der Waals surface area contributed by atoms with Crippen molar-refractivity contribution in [3.8, 4) is 9.75 Å². The first-order valence-corrected chi connectivity index (χ1v) is 8.30. The zero-order valence-corrected chi connectivity index (χ0v) is 13.6. The number of amides is 2. The van der Waals surface area contributed by atoms with Crippen LogP contribution in [0, 0.1) is 0 Å². The number of hydrogen-bond donors (Lipinski definition) is 2. The first-order chi connectivity index (χ1) is 10.6. The third-order valence-corrected chi connectivity index (χ3v) is 5.57. The van der Waals surface area contributed by atoms with Crippen LogP contribution >= 0.6 is 22.7 Å². The van der Waals surface area contributed by atoms with Crippen LogP contribution in [0.4, 0.5) is 4.79 Å². The highest BCUT2D eigenvalue weighted by Crippen LogP contribution is 2.37. The number of allylic oxidation sites excluding steroid dienone is 1. The molecule has 0 radical (unpaired) electrons. The summed E-state index contributed by atoms with van der Waals surface area (Å²) in [6.45, 7) is 1.70. The number of carbonyl (C=O) groups is 2. The molecule has 22 heavy (non-hydrogen) atoms. The second-order valence-electron chi connectivity index (χ2n) is 4.74. The van der Waals surface area contributed by atoms with Crippen LogP contribution in [0.2, 0.25) is 0 Å². The molecule has 3 rings (SSSR count). The molecule has 1 aliphatic rings. The molecule has 0 spiro atoms. The van der Waals surface area contributed by atoms with Crippen LogP contribution in [0.5, 0.6) is 0 Å². The molecule has 0 aliphatic carbocycles. The zero-order valence-electron chi connectivity index (χ0n) is 12.0. The van der Waals surface area contributed by atoms with E-state index in [1.54, 1.807) is 29.6 Å². The smallest absolute Gasteiger partial charge is 0.338 e. The van der Waals surface area contributed by atoms with Crippen LogP contribution in [0.15, 0.2) is 40.9 Å². The van der Waals surface area contributed by atoms with E-state index < -0.39 is 12.0 Å². The number of thiophene rings is 2. The van der Waals surface area contributed by atoms with E-state index >= 15 is 0 Å². The summed E-state index contributed by atoms with van der Waals surface area (Å²) in [7, 11) is 1.33. The van der Waals surface area contributed by atoms with Crippen molar-refractivity contribution in [3.63, 3.8) is 0 Å². The molecule has 3 heterocycles. The Labute approximate surface area is 135 Å². The molecule has 114 valence electrons. The van der Waals surface area contributed by atoms with E-state index in [1.807, 2.05) is 29.6 Å². The quantitative estimate of drug-likeness (QED) is 0.847. The summed E-state index contributed by atoms with van der Waals surface area (Å²) in [6.07, 6.45) is 0. The summed E-state index contributed by atoms with van der Waals surface area (Å²) in [5.41, 5.74) is 0.952. The fourth-order valence-electron chi connectivity index (χ4n) is 2.35. The zero-order chi connectivity index (χ0) is 15.7. The summed E-state index contributed by atoms with van der Waals surface area (Å²) in [6, 6.07) is 7.18. The van der Waals surface area contributed by atoms with E-state index in [1.165, 1.54) is 7.11 Å². The first-order valence-electron chi connectivity index (χ1n) is 6.60. The minimum Gasteiger partial charge on any atom is -0.466 e. The van der Waals surface area contributed by atoms with Crippen LogP contribution < -0.4 is 10.6 Å². The molecule has 2 aromatic rings. The van der Waals surface area contributed by atoms with Gasteiger partial charge in [0.1, 0.15) is 0 Å². The molecule has 1 atom stereocenters. The van der Waals surface area contributed by atoms with Crippen molar-refractivity contribution in [1.29, 1.82) is 0 Å².